The first-order valence-corrected chi connectivity index (χ1v) is 15.7. The van der Waals surface area contributed by atoms with Crippen molar-refractivity contribution in [1.82, 2.24) is 34.3 Å². The number of fused-ring (bicyclic) bond motifs is 1. The van der Waals surface area contributed by atoms with Crippen LogP contribution >= 0.6 is 0 Å². The van der Waals surface area contributed by atoms with Gasteiger partial charge < -0.3 is 20.4 Å². The van der Waals surface area contributed by atoms with E-state index in [-0.39, 0.29) is 18.0 Å². The van der Waals surface area contributed by atoms with Gasteiger partial charge in [0.25, 0.3) is 5.56 Å². The van der Waals surface area contributed by atoms with E-state index < -0.39 is 0 Å². The largest absolute Gasteiger partial charge is 0.381 e. The zero-order chi connectivity index (χ0) is 30.5. The highest BCUT2D eigenvalue weighted by atomic mass is 16.1. The smallest absolute Gasteiger partial charge is 0.268 e. The van der Waals surface area contributed by atoms with Gasteiger partial charge in [0, 0.05) is 53.9 Å². The summed E-state index contributed by atoms with van der Waals surface area (Å²) in [6.07, 6.45) is 9.02. The van der Waals surface area contributed by atoms with Crippen LogP contribution in [-0.2, 0) is 13.0 Å². The van der Waals surface area contributed by atoms with E-state index in [4.69, 9.17) is 4.98 Å². The van der Waals surface area contributed by atoms with E-state index in [0.717, 1.165) is 86.6 Å². The van der Waals surface area contributed by atoms with Crippen molar-refractivity contribution in [2.45, 2.75) is 52.1 Å². The van der Waals surface area contributed by atoms with Gasteiger partial charge in [-0.25, -0.2) is 4.98 Å². The summed E-state index contributed by atoms with van der Waals surface area (Å²) in [5.41, 5.74) is 4.37. The quantitative estimate of drug-likeness (QED) is 0.293. The van der Waals surface area contributed by atoms with Crippen molar-refractivity contribution in [3.63, 3.8) is 0 Å². The van der Waals surface area contributed by atoms with Crippen molar-refractivity contribution in [2.75, 3.05) is 50.4 Å². The van der Waals surface area contributed by atoms with Crippen LogP contribution < -0.4 is 16.2 Å². The molecule has 0 spiro atoms. The zero-order valence-corrected chi connectivity index (χ0v) is 25.9. The van der Waals surface area contributed by atoms with Crippen LogP contribution in [0, 0.1) is 17.8 Å². The van der Waals surface area contributed by atoms with E-state index in [1.807, 2.05) is 25.1 Å². The van der Waals surface area contributed by atoms with Gasteiger partial charge in [0.15, 0.2) is 0 Å². The average molecular weight is 592 g/mol. The summed E-state index contributed by atoms with van der Waals surface area (Å²) in [5, 5.41) is 7.68. The summed E-state index contributed by atoms with van der Waals surface area (Å²) in [4.78, 5) is 37.2. The van der Waals surface area contributed by atoms with E-state index in [2.05, 4.69) is 73.3 Å². The van der Waals surface area contributed by atoms with Gasteiger partial charge in [0.2, 0.25) is 5.95 Å². The number of pyridine rings is 1. The number of anilines is 3. The fourth-order valence-corrected chi connectivity index (χ4v) is 6.07. The van der Waals surface area contributed by atoms with Crippen molar-refractivity contribution in [3.8, 4) is 11.8 Å². The number of nitrogens with one attached hydrogen (secondary N) is 2. The van der Waals surface area contributed by atoms with Crippen LogP contribution in [0.15, 0.2) is 53.7 Å². The second-order valence-electron chi connectivity index (χ2n) is 11.8. The van der Waals surface area contributed by atoms with E-state index in [0.29, 0.717) is 23.2 Å². The minimum absolute atomic E-state index is 0.179. The van der Waals surface area contributed by atoms with Crippen LogP contribution in [0.1, 0.15) is 50.1 Å². The Kier molecular flexibility index (Phi) is 9.15. The number of likely N-dealkylation sites (N-methyl/N-ethyl adjacent to an activating group) is 1. The van der Waals surface area contributed by atoms with Crippen molar-refractivity contribution in [1.29, 1.82) is 0 Å². The number of hydrogen-bond donors (Lipinski definition) is 2. The molecule has 2 aliphatic heterocycles. The van der Waals surface area contributed by atoms with Gasteiger partial charge in [-0.05, 0) is 89.2 Å². The first-order chi connectivity index (χ1) is 21.5. The van der Waals surface area contributed by atoms with Gasteiger partial charge in [-0.2, -0.15) is 4.98 Å². The number of nitrogens with zero attached hydrogens (tertiary/aromatic N) is 7. The van der Waals surface area contributed by atoms with Crippen molar-refractivity contribution >= 4 is 28.4 Å². The molecule has 0 bridgehead atoms. The summed E-state index contributed by atoms with van der Waals surface area (Å²) in [6, 6.07) is 10.4. The van der Waals surface area contributed by atoms with Gasteiger partial charge in [-0.1, -0.05) is 25.7 Å². The summed E-state index contributed by atoms with van der Waals surface area (Å²) in [7, 11) is 2.15. The number of aromatic nitrogens is 5. The fraction of sp³-hybridized carbons (Fsp3) is 0.441. The maximum atomic E-state index is 13.9. The standard InChI is InChI=1S/C34H41N9O/c1-4-30-31(36-16-15-35-30)23-43-32-26(20-25(33(43)44)7-6-24-12-18-42(5-2)19-13-24)21-37-34(40-32)39-28-10-8-27(9-11-28)38-29-14-17-41(3)22-29/h8-11,15-16,20-21,24,29,38H,4-5,12-14,17-19,22-23H2,1-3H3,(H,37,39,40). The van der Waals surface area contributed by atoms with Crippen LogP contribution in [0.2, 0.25) is 0 Å². The first-order valence-electron chi connectivity index (χ1n) is 15.7. The Hall–Kier alpha value is -4.33. The number of piperidine rings is 1. The molecule has 0 radical (unpaired) electrons. The Labute approximate surface area is 259 Å². The molecule has 10 nitrogen and oxygen atoms in total. The highest BCUT2D eigenvalue weighted by Crippen LogP contribution is 2.22. The van der Waals surface area contributed by atoms with Gasteiger partial charge >= 0.3 is 0 Å². The van der Waals surface area contributed by atoms with Crippen molar-refractivity contribution in [3.05, 3.63) is 76.2 Å². The van der Waals surface area contributed by atoms with Gasteiger partial charge in [-0.15, -0.1) is 0 Å². The average Bonchev–Trinajstić information content (AvgIpc) is 3.47. The van der Waals surface area contributed by atoms with Gasteiger partial charge in [0.05, 0.1) is 23.5 Å². The summed E-state index contributed by atoms with van der Waals surface area (Å²) >= 11 is 0. The molecule has 10 heteroatoms. The van der Waals surface area contributed by atoms with Crippen LogP contribution in [0.25, 0.3) is 11.0 Å². The van der Waals surface area contributed by atoms with Crippen LogP contribution in [0.3, 0.4) is 0 Å². The third-order valence-corrected chi connectivity index (χ3v) is 8.68. The number of benzene rings is 1. The van der Waals surface area contributed by atoms with Crippen LogP contribution in [-0.4, -0.2) is 80.1 Å². The minimum atomic E-state index is -0.179. The SMILES string of the molecule is CCc1nccnc1Cn1c(=O)c(C#CC2CCN(CC)CC2)cc2cnc(Nc3ccc(NC4CCN(C)C4)cc3)nc21. The molecule has 1 aromatic carbocycles. The molecule has 2 saturated heterocycles. The van der Waals surface area contributed by atoms with E-state index in [9.17, 15) is 4.79 Å². The second kappa shape index (κ2) is 13.5. The Morgan fingerprint density at radius 2 is 1.70 bits per heavy atom. The third kappa shape index (κ3) is 6.90. The molecule has 0 amide bonds. The van der Waals surface area contributed by atoms with Gasteiger partial charge in [0.1, 0.15) is 5.65 Å². The normalized spacial score (nSPS) is 17.8. The summed E-state index contributed by atoms with van der Waals surface area (Å²) in [6.45, 7) is 9.81. The van der Waals surface area contributed by atoms with E-state index in [1.54, 1.807) is 23.2 Å². The Balaban J connectivity index is 1.29. The zero-order valence-electron chi connectivity index (χ0n) is 25.9. The molecular weight excluding hydrogens is 550 g/mol. The van der Waals surface area contributed by atoms with Crippen molar-refractivity contribution in [2.24, 2.45) is 5.92 Å². The van der Waals surface area contributed by atoms with E-state index >= 15 is 0 Å². The molecule has 4 aromatic rings. The highest BCUT2D eigenvalue weighted by Gasteiger charge is 2.19. The highest BCUT2D eigenvalue weighted by molar-refractivity contribution is 5.77. The van der Waals surface area contributed by atoms with Crippen molar-refractivity contribution < 1.29 is 0 Å². The number of rotatable bonds is 8. The lowest BCUT2D eigenvalue weighted by Gasteiger charge is -2.28. The molecule has 6 rings (SSSR count). The summed E-state index contributed by atoms with van der Waals surface area (Å²) < 4.78 is 1.67. The van der Waals surface area contributed by atoms with Gasteiger partial charge in [-0.3, -0.25) is 19.3 Å². The number of hydrogen-bond acceptors (Lipinski definition) is 9. The first kappa shape index (κ1) is 29.7. The molecule has 2 fully saturated rings. The molecule has 3 aromatic heterocycles. The van der Waals surface area contributed by atoms with Crippen LogP contribution in [0.4, 0.5) is 17.3 Å². The molecular formula is C34H41N9O. The minimum Gasteiger partial charge on any atom is -0.381 e. The summed E-state index contributed by atoms with van der Waals surface area (Å²) in [5.74, 6) is 7.33. The molecule has 5 heterocycles. The monoisotopic (exact) mass is 591 g/mol. The molecule has 1 atom stereocenters. The molecule has 2 aliphatic rings. The second-order valence-corrected chi connectivity index (χ2v) is 11.8. The predicted molar refractivity (Wildman–Crippen MR) is 175 cm³/mol. The maximum Gasteiger partial charge on any atom is 0.268 e. The lowest BCUT2D eigenvalue weighted by molar-refractivity contribution is 0.216. The molecule has 0 saturated carbocycles. The predicted octanol–water partition coefficient (Wildman–Crippen LogP) is 4.14. The molecule has 2 N–H and O–H groups in total. The topological polar surface area (TPSA) is 104 Å². The lowest BCUT2D eigenvalue weighted by atomic mass is 9.97. The Bertz CT molecular complexity index is 1720. The molecule has 228 valence electrons. The van der Waals surface area contributed by atoms with E-state index in [1.165, 1.54) is 0 Å². The molecule has 0 aliphatic carbocycles. The third-order valence-electron chi connectivity index (χ3n) is 8.68. The lowest BCUT2D eigenvalue weighted by Crippen LogP contribution is -2.33. The number of aryl methyl sites for hydroxylation is 1. The molecule has 44 heavy (non-hydrogen) atoms. The molecule has 1 unspecified atom stereocenters. The fourth-order valence-electron chi connectivity index (χ4n) is 6.07. The Morgan fingerprint density at radius 3 is 2.41 bits per heavy atom. The number of likely N-dealkylation sites (tertiary alicyclic amines) is 2. The maximum absolute atomic E-state index is 13.9. The Morgan fingerprint density at radius 1 is 0.955 bits per heavy atom. The van der Waals surface area contributed by atoms with Crippen LogP contribution in [0.5, 0.6) is 0 Å².